The molecule has 11 nitrogen and oxygen atoms in total. The van der Waals surface area contributed by atoms with E-state index in [2.05, 4.69) is 20.1 Å². The molecule has 1 atom stereocenters. The first-order valence-electron chi connectivity index (χ1n) is 11.6. The third kappa shape index (κ3) is 4.03. The Bertz CT molecular complexity index is 1710. The maximum absolute atomic E-state index is 13.1. The lowest BCUT2D eigenvalue weighted by Gasteiger charge is -2.22. The van der Waals surface area contributed by atoms with Crippen LogP contribution >= 0.6 is 0 Å². The van der Waals surface area contributed by atoms with Crippen molar-refractivity contribution in [3.63, 3.8) is 0 Å². The summed E-state index contributed by atoms with van der Waals surface area (Å²) >= 11 is 0. The van der Waals surface area contributed by atoms with Gasteiger partial charge in [-0.2, -0.15) is 0 Å². The van der Waals surface area contributed by atoms with Crippen LogP contribution in [0.3, 0.4) is 0 Å². The number of anilines is 1. The number of nitrogens with one attached hydrogen (secondary N) is 1. The fourth-order valence-corrected chi connectivity index (χ4v) is 4.71. The van der Waals surface area contributed by atoms with Crippen molar-refractivity contribution >= 4 is 39.4 Å². The number of pyridine rings is 2. The average Bonchev–Trinajstić information content (AvgIpc) is 3.39. The van der Waals surface area contributed by atoms with E-state index in [1.165, 1.54) is 4.90 Å². The molecule has 0 fully saturated rings. The summed E-state index contributed by atoms with van der Waals surface area (Å²) in [6.07, 6.45) is 2.84. The van der Waals surface area contributed by atoms with Gasteiger partial charge in [0, 0.05) is 29.8 Å². The lowest BCUT2D eigenvalue weighted by molar-refractivity contribution is -0.125. The zero-order valence-corrected chi connectivity index (χ0v) is 20.8. The van der Waals surface area contributed by atoms with Crippen molar-refractivity contribution in [2.75, 3.05) is 11.9 Å². The molecule has 0 radical (unpaired) electrons. The highest BCUT2D eigenvalue weighted by molar-refractivity contribution is 6.11. The highest BCUT2D eigenvalue weighted by Gasteiger charge is 2.25. The van der Waals surface area contributed by atoms with E-state index in [1.54, 1.807) is 43.9 Å². The van der Waals surface area contributed by atoms with Crippen molar-refractivity contribution < 1.29 is 14.1 Å². The lowest BCUT2D eigenvalue weighted by atomic mass is 9.98. The number of hydrogen-bond acceptors (Lipinski definition) is 7. The van der Waals surface area contributed by atoms with E-state index in [9.17, 15) is 14.4 Å². The summed E-state index contributed by atoms with van der Waals surface area (Å²) in [5.74, 6) is -0.644. The molecule has 0 saturated carbocycles. The van der Waals surface area contributed by atoms with Crippen molar-refractivity contribution in [2.24, 2.45) is 5.73 Å². The number of aromatic amines is 1. The minimum absolute atomic E-state index is 0.308. The highest BCUT2D eigenvalue weighted by Crippen LogP contribution is 2.39. The van der Waals surface area contributed by atoms with Gasteiger partial charge in [-0.1, -0.05) is 11.2 Å². The minimum atomic E-state index is -0.732. The minimum Gasteiger partial charge on any atom is -0.369 e. The molecule has 0 spiro atoms. The van der Waals surface area contributed by atoms with Crippen LogP contribution in [0.25, 0.3) is 33.1 Å². The normalized spacial score (nSPS) is 12.2. The van der Waals surface area contributed by atoms with Gasteiger partial charge in [-0.3, -0.25) is 24.1 Å². The molecule has 1 unspecified atom stereocenters. The van der Waals surface area contributed by atoms with E-state index in [-0.39, 0.29) is 11.7 Å². The van der Waals surface area contributed by atoms with Crippen molar-refractivity contribution in [1.29, 1.82) is 0 Å². The maximum atomic E-state index is 13.1. The number of benzene rings is 1. The number of carbonyl (C=O) groups excluding carboxylic acids is 2. The Kier molecular flexibility index (Phi) is 5.82. The summed E-state index contributed by atoms with van der Waals surface area (Å²) in [7, 11) is 1.57. The Balaban J connectivity index is 1.83. The van der Waals surface area contributed by atoms with Crippen molar-refractivity contribution in [2.45, 2.75) is 33.2 Å². The molecule has 0 aliphatic carbocycles. The number of nitrogens with two attached hydrogens (primary N) is 1. The molecule has 4 heterocycles. The van der Waals surface area contributed by atoms with Crippen LogP contribution < -0.4 is 16.3 Å². The molecular formula is C26H25N7O4. The number of fused-ring (bicyclic) bond motifs is 3. The molecule has 5 aromatic rings. The Morgan fingerprint density at radius 1 is 1.22 bits per heavy atom. The van der Waals surface area contributed by atoms with Crippen molar-refractivity contribution in [3.05, 3.63) is 70.4 Å². The zero-order chi connectivity index (χ0) is 26.4. The highest BCUT2D eigenvalue weighted by atomic mass is 16.5. The van der Waals surface area contributed by atoms with Crippen molar-refractivity contribution in [3.8, 4) is 11.1 Å². The first-order chi connectivity index (χ1) is 17.7. The van der Waals surface area contributed by atoms with Crippen LogP contribution in [0.1, 0.15) is 36.5 Å². The second-order valence-corrected chi connectivity index (χ2v) is 8.93. The molecule has 0 bridgehead atoms. The van der Waals surface area contributed by atoms with Gasteiger partial charge in [-0.05, 0) is 45.0 Å². The molecular weight excluding hydrogens is 474 g/mol. The summed E-state index contributed by atoms with van der Waals surface area (Å²) in [6, 6.07) is 8.78. The van der Waals surface area contributed by atoms with Crippen LogP contribution in [0.15, 0.2) is 52.0 Å². The van der Waals surface area contributed by atoms with Gasteiger partial charge in [0.25, 0.3) is 0 Å². The summed E-state index contributed by atoms with van der Waals surface area (Å²) in [5.41, 5.74) is 9.97. The SMILES string of the molecule is Cc1noc(C)c1-c1cc2ncc3[nH]c(=O)n(C(C)c4ccccn4)c3c2cc1N(C)C(=O)CC(N)=O. The van der Waals surface area contributed by atoms with Gasteiger partial charge in [0.1, 0.15) is 12.2 Å². The molecule has 37 heavy (non-hydrogen) atoms. The van der Waals surface area contributed by atoms with Gasteiger partial charge in [0.2, 0.25) is 11.8 Å². The molecule has 5 rings (SSSR count). The van der Waals surface area contributed by atoms with Gasteiger partial charge < -0.3 is 20.1 Å². The van der Waals surface area contributed by atoms with Crippen LogP contribution in [-0.2, 0) is 9.59 Å². The molecule has 11 heteroatoms. The van der Waals surface area contributed by atoms with Crippen LogP contribution in [0, 0.1) is 13.8 Å². The molecule has 3 N–H and O–H groups in total. The Morgan fingerprint density at radius 3 is 2.65 bits per heavy atom. The number of aryl methyl sites for hydroxylation is 2. The Morgan fingerprint density at radius 2 is 2.00 bits per heavy atom. The summed E-state index contributed by atoms with van der Waals surface area (Å²) in [6.45, 7) is 5.48. The number of amides is 2. The van der Waals surface area contributed by atoms with E-state index in [4.69, 9.17) is 10.3 Å². The quantitative estimate of drug-likeness (QED) is 0.341. The van der Waals surface area contributed by atoms with Gasteiger partial charge >= 0.3 is 5.69 Å². The summed E-state index contributed by atoms with van der Waals surface area (Å²) in [4.78, 5) is 50.8. The smallest absolute Gasteiger partial charge is 0.327 e. The van der Waals surface area contributed by atoms with Crippen LogP contribution in [-0.4, -0.2) is 43.5 Å². The van der Waals surface area contributed by atoms with E-state index < -0.39 is 18.2 Å². The lowest BCUT2D eigenvalue weighted by Crippen LogP contribution is -2.31. The number of primary amides is 1. The monoisotopic (exact) mass is 499 g/mol. The second-order valence-electron chi connectivity index (χ2n) is 8.93. The molecule has 2 amide bonds. The fourth-order valence-electron chi connectivity index (χ4n) is 4.71. The molecule has 0 aliphatic rings. The summed E-state index contributed by atoms with van der Waals surface area (Å²) in [5, 5.41) is 4.70. The number of nitrogens with zero attached hydrogens (tertiary/aromatic N) is 5. The number of carbonyl (C=O) groups is 2. The third-order valence-corrected chi connectivity index (χ3v) is 6.53. The first kappa shape index (κ1) is 23.9. The van der Waals surface area contributed by atoms with Crippen LogP contribution in [0.5, 0.6) is 0 Å². The molecule has 0 saturated heterocycles. The number of hydrogen-bond donors (Lipinski definition) is 2. The molecule has 188 valence electrons. The van der Waals surface area contributed by atoms with Gasteiger partial charge in [0.05, 0.1) is 45.9 Å². The third-order valence-electron chi connectivity index (χ3n) is 6.53. The molecule has 0 aliphatic heterocycles. The van der Waals surface area contributed by atoms with E-state index in [0.29, 0.717) is 50.2 Å². The second kappa shape index (κ2) is 9.01. The largest absolute Gasteiger partial charge is 0.369 e. The average molecular weight is 500 g/mol. The maximum Gasteiger partial charge on any atom is 0.327 e. The molecule has 1 aromatic carbocycles. The van der Waals surface area contributed by atoms with Gasteiger partial charge in [0.15, 0.2) is 0 Å². The van der Waals surface area contributed by atoms with Crippen LogP contribution in [0.4, 0.5) is 5.69 Å². The number of rotatable bonds is 6. The zero-order valence-electron chi connectivity index (χ0n) is 20.8. The van der Waals surface area contributed by atoms with E-state index >= 15 is 0 Å². The fraction of sp³-hybridized carbons (Fsp3) is 0.231. The number of aromatic nitrogens is 5. The number of H-pyrrole nitrogens is 1. The topological polar surface area (TPSA) is 153 Å². The number of imidazole rings is 1. The van der Waals surface area contributed by atoms with E-state index in [1.807, 2.05) is 31.2 Å². The van der Waals surface area contributed by atoms with Gasteiger partial charge in [-0.25, -0.2) is 4.79 Å². The predicted octanol–water partition coefficient (Wildman–Crippen LogP) is 2.99. The summed E-state index contributed by atoms with van der Waals surface area (Å²) < 4.78 is 7.02. The molecule has 4 aromatic heterocycles. The van der Waals surface area contributed by atoms with Crippen LogP contribution in [0.2, 0.25) is 0 Å². The van der Waals surface area contributed by atoms with Crippen molar-refractivity contribution in [1.82, 2.24) is 24.7 Å². The van der Waals surface area contributed by atoms with Gasteiger partial charge in [-0.15, -0.1) is 0 Å². The Hall–Kier alpha value is -4.80. The Labute approximate surface area is 210 Å². The van der Waals surface area contributed by atoms with E-state index in [0.717, 1.165) is 5.69 Å². The standard InChI is InChI=1S/C26H25N7O4/c1-13-24(15(3)37-31-13)17-9-19-16(10-21(17)32(4)23(35)11-22(27)34)25-20(12-29-19)30-26(36)33(25)14(2)18-7-5-6-8-28-18/h5-10,12,14H,11H2,1-4H3,(H2,27,34)(H,30,36). The predicted molar refractivity (Wildman–Crippen MR) is 138 cm³/mol. The first-order valence-corrected chi connectivity index (χ1v) is 11.6.